The van der Waals surface area contributed by atoms with Gasteiger partial charge in [-0.25, -0.2) is 8.42 Å². The van der Waals surface area contributed by atoms with E-state index >= 15 is 0 Å². The van der Waals surface area contributed by atoms with Crippen LogP contribution in [0.4, 0.5) is 5.69 Å². The quantitative estimate of drug-likeness (QED) is 0.789. The minimum Gasteiger partial charge on any atom is -0.495 e. The molecule has 0 aliphatic carbocycles. The van der Waals surface area contributed by atoms with Gasteiger partial charge in [-0.05, 0) is 55.7 Å². The van der Waals surface area contributed by atoms with E-state index in [-0.39, 0.29) is 10.8 Å². The minimum absolute atomic E-state index is 0.0447. The van der Waals surface area contributed by atoms with E-state index in [0.717, 1.165) is 32.4 Å². The second-order valence-corrected chi connectivity index (χ2v) is 8.49. The van der Waals surface area contributed by atoms with Crippen molar-refractivity contribution in [3.05, 3.63) is 54.1 Å². The van der Waals surface area contributed by atoms with Crippen LogP contribution in [0.5, 0.6) is 5.75 Å². The highest BCUT2D eigenvalue weighted by molar-refractivity contribution is 7.92. The first kappa shape index (κ1) is 19.2. The lowest BCUT2D eigenvalue weighted by Gasteiger charge is -2.27. The molecule has 2 aromatic carbocycles. The first-order valence-corrected chi connectivity index (χ1v) is 10.4. The molecule has 0 N–H and O–H groups in total. The fourth-order valence-corrected chi connectivity index (χ4v) is 4.43. The maximum atomic E-state index is 13.0. The topological polar surface area (TPSA) is 66.9 Å². The molecule has 1 aliphatic heterocycles. The molecule has 7 heteroatoms. The van der Waals surface area contributed by atoms with Crippen LogP contribution in [0.15, 0.2) is 53.4 Å². The summed E-state index contributed by atoms with van der Waals surface area (Å²) in [5.74, 6) is 0.428. The van der Waals surface area contributed by atoms with E-state index in [1.54, 1.807) is 36.4 Å². The SMILES string of the molecule is COc1ccccc1N(C)S(=O)(=O)c1ccc(C(=O)N2CCCCC2)cc1. The molecule has 27 heavy (non-hydrogen) atoms. The number of hydrogen-bond acceptors (Lipinski definition) is 4. The van der Waals surface area contributed by atoms with Crippen LogP contribution in [0.25, 0.3) is 0 Å². The molecule has 0 radical (unpaired) electrons. The van der Waals surface area contributed by atoms with E-state index in [1.807, 2.05) is 4.90 Å². The number of rotatable bonds is 5. The van der Waals surface area contributed by atoms with E-state index in [1.165, 1.54) is 30.6 Å². The molecule has 0 atom stereocenters. The van der Waals surface area contributed by atoms with Crippen molar-refractivity contribution in [1.82, 2.24) is 4.90 Å². The van der Waals surface area contributed by atoms with Crippen molar-refractivity contribution in [2.75, 3.05) is 31.6 Å². The monoisotopic (exact) mass is 388 g/mol. The second kappa shape index (κ2) is 8.00. The van der Waals surface area contributed by atoms with Gasteiger partial charge in [0.2, 0.25) is 0 Å². The number of carbonyl (C=O) groups is 1. The van der Waals surface area contributed by atoms with Crippen molar-refractivity contribution < 1.29 is 17.9 Å². The van der Waals surface area contributed by atoms with Crippen molar-refractivity contribution in [3.63, 3.8) is 0 Å². The number of piperidine rings is 1. The number of amides is 1. The summed E-state index contributed by atoms with van der Waals surface area (Å²) in [4.78, 5) is 14.5. The van der Waals surface area contributed by atoms with E-state index in [2.05, 4.69) is 0 Å². The van der Waals surface area contributed by atoms with Gasteiger partial charge in [-0.3, -0.25) is 9.10 Å². The molecular formula is C20H24N2O4S. The summed E-state index contributed by atoms with van der Waals surface area (Å²) in [6.45, 7) is 1.52. The highest BCUT2D eigenvalue weighted by Gasteiger charge is 2.24. The third-order valence-corrected chi connectivity index (χ3v) is 6.61. The van der Waals surface area contributed by atoms with Gasteiger partial charge in [0.05, 0.1) is 17.7 Å². The number of likely N-dealkylation sites (tertiary alicyclic amines) is 1. The lowest BCUT2D eigenvalue weighted by atomic mass is 10.1. The summed E-state index contributed by atoms with van der Waals surface area (Å²) < 4.78 is 32.4. The average Bonchev–Trinajstić information content (AvgIpc) is 2.73. The van der Waals surface area contributed by atoms with Crippen molar-refractivity contribution >= 4 is 21.6 Å². The minimum atomic E-state index is -3.76. The van der Waals surface area contributed by atoms with E-state index < -0.39 is 10.0 Å². The predicted octanol–water partition coefficient (Wildman–Crippen LogP) is 3.15. The summed E-state index contributed by atoms with van der Waals surface area (Å²) in [5.41, 5.74) is 0.962. The van der Waals surface area contributed by atoms with E-state index in [0.29, 0.717) is 17.0 Å². The first-order chi connectivity index (χ1) is 12.9. The summed E-state index contributed by atoms with van der Waals surface area (Å²) in [6, 6.07) is 13.1. The molecule has 1 fully saturated rings. The highest BCUT2D eigenvalue weighted by atomic mass is 32.2. The van der Waals surface area contributed by atoms with Crippen molar-refractivity contribution in [3.8, 4) is 5.75 Å². The Bertz CT molecular complexity index is 904. The van der Waals surface area contributed by atoms with Gasteiger partial charge in [-0.2, -0.15) is 0 Å². The Morgan fingerprint density at radius 2 is 1.63 bits per heavy atom. The highest BCUT2D eigenvalue weighted by Crippen LogP contribution is 2.31. The van der Waals surface area contributed by atoms with Crippen molar-refractivity contribution in [2.45, 2.75) is 24.2 Å². The zero-order valence-corrected chi connectivity index (χ0v) is 16.4. The molecule has 2 aromatic rings. The predicted molar refractivity (Wildman–Crippen MR) is 105 cm³/mol. The van der Waals surface area contributed by atoms with Gasteiger partial charge in [0.1, 0.15) is 5.75 Å². The third kappa shape index (κ3) is 3.93. The number of benzene rings is 2. The smallest absolute Gasteiger partial charge is 0.264 e. The van der Waals surface area contributed by atoms with Crippen molar-refractivity contribution in [2.24, 2.45) is 0 Å². The van der Waals surface area contributed by atoms with Gasteiger partial charge >= 0.3 is 0 Å². The van der Waals surface area contributed by atoms with Crippen LogP contribution in [0.2, 0.25) is 0 Å². The van der Waals surface area contributed by atoms with Crippen molar-refractivity contribution in [1.29, 1.82) is 0 Å². The summed E-state index contributed by atoms with van der Waals surface area (Å²) in [6.07, 6.45) is 3.18. The number of hydrogen-bond donors (Lipinski definition) is 0. The zero-order valence-electron chi connectivity index (χ0n) is 15.6. The number of para-hydroxylation sites is 2. The van der Waals surface area contributed by atoms with Crippen LogP contribution in [-0.4, -0.2) is 46.5 Å². The number of nitrogens with zero attached hydrogens (tertiary/aromatic N) is 2. The first-order valence-electron chi connectivity index (χ1n) is 8.96. The number of carbonyl (C=O) groups excluding carboxylic acids is 1. The van der Waals surface area contributed by atoms with Gasteiger partial charge in [0.25, 0.3) is 15.9 Å². The molecule has 0 spiro atoms. The summed E-state index contributed by atoms with van der Waals surface area (Å²) >= 11 is 0. The molecule has 0 unspecified atom stereocenters. The van der Waals surface area contributed by atoms with Gasteiger partial charge < -0.3 is 9.64 Å². The van der Waals surface area contributed by atoms with Gasteiger partial charge in [-0.1, -0.05) is 12.1 Å². The molecule has 1 heterocycles. The zero-order chi connectivity index (χ0) is 19.4. The Morgan fingerprint density at radius 1 is 1.00 bits per heavy atom. The van der Waals surface area contributed by atoms with Gasteiger partial charge in [0, 0.05) is 25.7 Å². The van der Waals surface area contributed by atoms with E-state index in [4.69, 9.17) is 4.74 Å². The number of anilines is 1. The third-order valence-electron chi connectivity index (χ3n) is 4.83. The molecule has 1 amide bonds. The second-order valence-electron chi connectivity index (χ2n) is 6.52. The summed E-state index contributed by atoms with van der Waals surface area (Å²) in [7, 11) is -0.777. The van der Waals surface area contributed by atoms with Crippen LogP contribution >= 0.6 is 0 Å². The Balaban J connectivity index is 1.84. The van der Waals surface area contributed by atoms with Crippen LogP contribution in [-0.2, 0) is 10.0 Å². The van der Waals surface area contributed by atoms with E-state index in [9.17, 15) is 13.2 Å². The Kier molecular flexibility index (Phi) is 5.70. The van der Waals surface area contributed by atoms with Crippen LogP contribution < -0.4 is 9.04 Å². The fraction of sp³-hybridized carbons (Fsp3) is 0.350. The molecule has 0 bridgehead atoms. The Hall–Kier alpha value is -2.54. The number of sulfonamides is 1. The lowest BCUT2D eigenvalue weighted by Crippen LogP contribution is -2.35. The number of methoxy groups -OCH3 is 1. The van der Waals surface area contributed by atoms with Crippen LogP contribution in [0.1, 0.15) is 29.6 Å². The maximum absolute atomic E-state index is 13.0. The lowest BCUT2D eigenvalue weighted by molar-refractivity contribution is 0.0724. The van der Waals surface area contributed by atoms with Gasteiger partial charge in [0.15, 0.2) is 0 Å². The molecule has 0 aromatic heterocycles. The summed E-state index contributed by atoms with van der Waals surface area (Å²) in [5, 5.41) is 0. The van der Waals surface area contributed by atoms with Gasteiger partial charge in [-0.15, -0.1) is 0 Å². The van der Waals surface area contributed by atoms with Crippen LogP contribution in [0.3, 0.4) is 0 Å². The Morgan fingerprint density at radius 3 is 2.26 bits per heavy atom. The molecule has 1 saturated heterocycles. The number of ether oxygens (including phenoxy) is 1. The molecule has 144 valence electrons. The molecule has 6 nitrogen and oxygen atoms in total. The fourth-order valence-electron chi connectivity index (χ4n) is 3.23. The normalized spacial score (nSPS) is 14.7. The van der Waals surface area contributed by atoms with Crippen LogP contribution in [0, 0.1) is 0 Å². The maximum Gasteiger partial charge on any atom is 0.264 e. The standard InChI is InChI=1S/C20H24N2O4S/c1-21(18-8-4-5-9-19(18)26-2)27(24,25)17-12-10-16(11-13-17)20(23)22-14-6-3-7-15-22/h4-5,8-13H,3,6-7,14-15H2,1-2H3. The molecule has 1 aliphatic rings. The molecule has 3 rings (SSSR count). The largest absolute Gasteiger partial charge is 0.495 e. The average molecular weight is 388 g/mol. The Labute approximate surface area is 160 Å². The molecular weight excluding hydrogens is 364 g/mol. The molecule has 0 saturated carbocycles.